The van der Waals surface area contributed by atoms with Gasteiger partial charge in [0.05, 0.1) is 11.4 Å². The summed E-state index contributed by atoms with van der Waals surface area (Å²) in [6, 6.07) is 12.8. The molecule has 2 N–H and O–H groups in total. The Hall–Kier alpha value is -3.59. The predicted octanol–water partition coefficient (Wildman–Crippen LogP) is 3.30. The highest BCUT2D eigenvalue weighted by atomic mass is 32.1. The van der Waals surface area contributed by atoms with Crippen LogP contribution in [0.2, 0.25) is 0 Å². The molecule has 9 heteroatoms. The number of nitrogens with zero attached hydrogens (tertiary/aromatic N) is 4. The molecule has 0 saturated carbocycles. The SMILES string of the molecule is CC(=O)Nc1ccccc1-c1ccc2nc(NC(=O)c3ccnn3C)sc2n1. The molecule has 4 rings (SSSR count). The first-order valence-corrected chi connectivity index (χ1v) is 9.27. The van der Waals surface area contributed by atoms with E-state index in [1.54, 1.807) is 19.3 Å². The van der Waals surface area contributed by atoms with Crippen LogP contribution in [0.3, 0.4) is 0 Å². The smallest absolute Gasteiger partial charge is 0.275 e. The van der Waals surface area contributed by atoms with E-state index < -0.39 is 0 Å². The number of pyridine rings is 1. The maximum Gasteiger partial charge on any atom is 0.275 e. The van der Waals surface area contributed by atoms with Crippen LogP contribution in [0, 0.1) is 0 Å². The van der Waals surface area contributed by atoms with E-state index in [4.69, 9.17) is 0 Å². The first-order valence-electron chi connectivity index (χ1n) is 8.45. The maximum atomic E-state index is 12.3. The number of hydrogen-bond donors (Lipinski definition) is 2. The average molecular weight is 392 g/mol. The molecule has 0 radical (unpaired) electrons. The number of aromatic nitrogens is 4. The van der Waals surface area contributed by atoms with Crippen LogP contribution in [0.4, 0.5) is 10.8 Å². The monoisotopic (exact) mass is 392 g/mol. The van der Waals surface area contributed by atoms with Gasteiger partial charge in [0, 0.05) is 25.7 Å². The van der Waals surface area contributed by atoms with Gasteiger partial charge >= 0.3 is 0 Å². The average Bonchev–Trinajstić information content (AvgIpc) is 3.26. The molecule has 28 heavy (non-hydrogen) atoms. The first-order chi connectivity index (χ1) is 13.5. The fourth-order valence-corrected chi connectivity index (χ4v) is 3.62. The van der Waals surface area contributed by atoms with Gasteiger partial charge < -0.3 is 5.32 Å². The van der Waals surface area contributed by atoms with Gasteiger partial charge in [-0.25, -0.2) is 9.97 Å². The van der Waals surface area contributed by atoms with Gasteiger partial charge in [-0.1, -0.05) is 29.5 Å². The lowest BCUT2D eigenvalue weighted by Crippen LogP contribution is -2.15. The van der Waals surface area contributed by atoms with Gasteiger partial charge in [0.1, 0.15) is 16.0 Å². The zero-order valence-electron chi connectivity index (χ0n) is 15.1. The van der Waals surface area contributed by atoms with E-state index in [9.17, 15) is 9.59 Å². The van der Waals surface area contributed by atoms with Gasteiger partial charge in [0.15, 0.2) is 5.13 Å². The van der Waals surface area contributed by atoms with Gasteiger partial charge in [-0.3, -0.25) is 19.6 Å². The molecule has 0 bridgehead atoms. The molecule has 0 aliphatic heterocycles. The van der Waals surface area contributed by atoms with Gasteiger partial charge in [-0.2, -0.15) is 5.10 Å². The molecule has 140 valence electrons. The highest BCUT2D eigenvalue weighted by Crippen LogP contribution is 2.31. The van der Waals surface area contributed by atoms with Crippen molar-refractivity contribution < 1.29 is 9.59 Å². The predicted molar refractivity (Wildman–Crippen MR) is 108 cm³/mol. The number of anilines is 2. The molecule has 0 aliphatic carbocycles. The molecule has 0 fully saturated rings. The van der Waals surface area contributed by atoms with Crippen molar-refractivity contribution >= 4 is 44.3 Å². The van der Waals surface area contributed by atoms with Gasteiger partial charge in [-0.15, -0.1) is 0 Å². The highest BCUT2D eigenvalue weighted by molar-refractivity contribution is 7.22. The van der Waals surface area contributed by atoms with Crippen molar-refractivity contribution in [2.24, 2.45) is 7.05 Å². The Labute approximate surface area is 164 Å². The number of thiazole rings is 1. The fraction of sp³-hybridized carbons (Fsp3) is 0.105. The van der Waals surface area contributed by atoms with Gasteiger partial charge in [-0.05, 0) is 24.3 Å². The Bertz CT molecular complexity index is 1200. The number of fused-ring (bicyclic) bond motifs is 1. The molecule has 0 aliphatic rings. The Morgan fingerprint density at radius 1 is 1.04 bits per heavy atom. The maximum absolute atomic E-state index is 12.3. The molecule has 0 spiro atoms. The summed E-state index contributed by atoms with van der Waals surface area (Å²) in [5, 5.41) is 10.0. The lowest BCUT2D eigenvalue weighted by atomic mass is 10.1. The minimum Gasteiger partial charge on any atom is -0.326 e. The lowest BCUT2D eigenvalue weighted by Gasteiger charge is -2.09. The van der Waals surface area contributed by atoms with Crippen molar-refractivity contribution in [3.8, 4) is 11.3 Å². The molecule has 4 aromatic rings. The molecule has 0 saturated heterocycles. The second kappa shape index (κ2) is 7.20. The summed E-state index contributed by atoms with van der Waals surface area (Å²) >= 11 is 1.29. The Balaban J connectivity index is 1.65. The fourth-order valence-electron chi connectivity index (χ4n) is 2.78. The van der Waals surface area contributed by atoms with Crippen LogP contribution in [0.25, 0.3) is 21.6 Å². The lowest BCUT2D eigenvalue weighted by molar-refractivity contribution is -0.114. The molecular formula is C19H16N6O2S. The summed E-state index contributed by atoms with van der Waals surface area (Å²) in [5.41, 5.74) is 3.35. The molecule has 0 atom stereocenters. The standard InChI is InChI=1S/C19H16N6O2S/c1-11(26)21-13-6-4-3-5-12(13)14-7-8-15-18(22-14)28-19(23-15)24-17(27)16-9-10-20-25(16)2/h3-10H,1-2H3,(H,21,26)(H,23,24,27). The number of para-hydroxylation sites is 1. The summed E-state index contributed by atoms with van der Waals surface area (Å²) < 4.78 is 1.50. The van der Waals surface area contributed by atoms with E-state index >= 15 is 0 Å². The summed E-state index contributed by atoms with van der Waals surface area (Å²) in [7, 11) is 1.70. The summed E-state index contributed by atoms with van der Waals surface area (Å²) in [4.78, 5) is 33.6. The molecule has 1 aromatic carbocycles. The van der Waals surface area contributed by atoms with Crippen molar-refractivity contribution in [3.63, 3.8) is 0 Å². The van der Waals surface area contributed by atoms with Crippen molar-refractivity contribution in [1.82, 2.24) is 19.7 Å². The molecule has 8 nitrogen and oxygen atoms in total. The Kier molecular flexibility index (Phi) is 4.58. The Morgan fingerprint density at radius 3 is 2.61 bits per heavy atom. The van der Waals surface area contributed by atoms with Crippen LogP contribution in [0.15, 0.2) is 48.7 Å². The van der Waals surface area contributed by atoms with Crippen LogP contribution >= 0.6 is 11.3 Å². The topological polar surface area (TPSA) is 102 Å². The summed E-state index contributed by atoms with van der Waals surface area (Å²) in [6.07, 6.45) is 1.56. The van der Waals surface area contributed by atoms with E-state index in [0.29, 0.717) is 32.6 Å². The number of nitrogens with one attached hydrogen (secondary N) is 2. The number of rotatable bonds is 4. The zero-order chi connectivity index (χ0) is 19.7. The van der Waals surface area contributed by atoms with Crippen LogP contribution in [-0.2, 0) is 11.8 Å². The molecule has 3 aromatic heterocycles. The normalized spacial score (nSPS) is 10.8. The number of hydrogen-bond acceptors (Lipinski definition) is 6. The second-order valence-corrected chi connectivity index (χ2v) is 7.04. The number of carbonyl (C=O) groups excluding carboxylic acids is 2. The minimum atomic E-state index is -0.282. The van der Waals surface area contributed by atoms with Crippen molar-refractivity contribution in [3.05, 3.63) is 54.4 Å². The molecule has 0 unspecified atom stereocenters. The summed E-state index contributed by atoms with van der Waals surface area (Å²) in [5.74, 6) is -0.429. The van der Waals surface area contributed by atoms with Crippen LogP contribution < -0.4 is 10.6 Å². The van der Waals surface area contributed by atoms with Crippen LogP contribution in [0.5, 0.6) is 0 Å². The third-order valence-corrected chi connectivity index (χ3v) is 4.92. The number of amides is 2. The van der Waals surface area contributed by atoms with Crippen LogP contribution in [-0.4, -0.2) is 31.6 Å². The van der Waals surface area contributed by atoms with Gasteiger partial charge in [0.25, 0.3) is 5.91 Å². The molecule has 3 heterocycles. The van der Waals surface area contributed by atoms with E-state index in [-0.39, 0.29) is 11.8 Å². The van der Waals surface area contributed by atoms with E-state index in [0.717, 1.165) is 5.56 Å². The third-order valence-electron chi connectivity index (χ3n) is 4.04. The van der Waals surface area contributed by atoms with E-state index in [2.05, 4.69) is 25.7 Å². The third kappa shape index (κ3) is 3.47. The number of carbonyl (C=O) groups is 2. The van der Waals surface area contributed by atoms with E-state index in [1.165, 1.54) is 22.9 Å². The van der Waals surface area contributed by atoms with Crippen molar-refractivity contribution in [2.75, 3.05) is 10.6 Å². The molecular weight excluding hydrogens is 376 g/mol. The first kappa shape index (κ1) is 17.8. The zero-order valence-corrected chi connectivity index (χ0v) is 15.9. The van der Waals surface area contributed by atoms with Crippen LogP contribution in [0.1, 0.15) is 17.4 Å². The second-order valence-electron chi connectivity index (χ2n) is 6.06. The summed E-state index contributed by atoms with van der Waals surface area (Å²) in [6.45, 7) is 1.47. The van der Waals surface area contributed by atoms with E-state index in [1.807, 2.05) is 36.4 Å². The quantitative estimate of drug-likeness (QED) is 0.555. The largest absolute Gasteiger partial charge is 0.326 e. The Morgan fingerprint density at radius 2 is 1.86 bits per heavy atom. The van der Waals surface area contributed by atoms with Gasteiger partial charge in [0.2, 0.25) is 5.91 Å². The van der Waals surface area contributed by atoms with Crippen molar-refractivity contribution in [1.29, 1.82) is 0 Å². The minimum absolute atomic E-state index is 0.147. The number of aryl methyl sites for hydroxylation is 1. The van der Waals surface area contributed by atoms with Crippen molar-refractivity contribution in [2.45, 2.75) is 6.92 Å². The number of benzene rings is 1. The molecule has 2 amide bonds. The highest BCUT2D eigenvalue weighted by Gasteiger charge is 2.14.